The van der Waals surface area contributed by atoms with Gasteiger partial charge in [-0.25, -0.2) is 14.4 Å². The molecule has 3 rings (SSSR count). The van der Waals surface area contributed by atoms with Crippen molar-refractivity contribution in [1.29, 1.82) is 0 Å². The number of carbonyl (C=O) groups excluding carboxylic acids is 3. The van der Waals surface area contributed by atoms with Crippen LogP contribution in [-0.2, 0) is 33.3 Å². The quantitative estimate of drug-likeness (QED) is 0.0203. The molecule has 0 saturated heterocycles. The Kier molecular flexibility index (Phi) is 18.5. The molecule has 0 radical (unpaired) electrons. The molecule has 302 valence electrons. The van der Waals surface area contributed by atoms with Gasteiger partial charge in [0, 0.05) is 40.0 Å². The van der Waals surface area contributed by atoms with E-state index in [-0.39, 0.29) is 58.4 Å². The molecule has 3 aromatic rings. The van der Waals surface area contributed by atoms with Crippen LogP contribution >= 0.6 is 0 Å². The molecule has 0 aliphatic rings. The highest BCUT2D eigenvalue weighted by atomic mass is 16.6. The third-order valence-corrected chi connectivity index (χ3v) is 7.36. The Morgan fingerprint density at radius 3 is 1.09 bits per heavy atom. The lowest BCUT2D eigenvalue weighted by atomic mass is 10.1. The average molecular weight is 789 g/mol. The summed E-state index contributed by atoms with van der Waals surface area (Å²) < 4.78 is 44.6. The molecule has 0 amide bonds. The average Bonchev–Trinajstić information content (AvgIpc) is 3.20. The summed E-state index contributed by atoms with van der Waals surface area (Å²) in [5, 5.41) is 0. The van der Waals surface area contributed by atoms with Crippen LogP contribution in [0, 0.1) is 23.7 Å². The monoisotopic (exact) mass is 788 g/mol. The first kappa shape index (κ1) is 45.3. The first-order chi connectivity index (χ1) is 27.7. The van der Waals surface area contributed by atoms with E-state index in [1.54, 1.807) is 88.4 Å². The van der Waals surface area contributed by atoms with Gasteiger partial charge < -0.3 is 37.9 Å². The Bertz CT molecular complexity index is 1970. The molecule has 0 saturated carbocycles. The van der Waals surface area contributed by atoms with Gasteiger partial charge in [0.25, 0.3) is 0 Å². The van der Waals surface area contributed by atoms with E-state index in [4.69, 9.17) is 37.9 Å². The van der Waals surface area contributed by atoms with Gasteiger partial charge in [0.15, 0.2) is 0 Å². The van der Waals surface area contributed by atoms with E-state index in [0.29, 0.717) is 67.7 Å². The molecular weight excluding hydrogens is 741 g/mol. The molecule has 0 aromatic heterocycles. The minimum atomic E-state index is -0.529. The molecule has 0 N–H and O–H groups in total. The maximum absolute atomic E-state index is 12.0. The predicted molar refractivity (Wildman–Crippen MR) is 220 cm³/mol. The number of hydrogen-bond donors (Lipinski definition) is 0. The highest BCUT2D eigenvalue weighted by Crippen LogP contribution is 2.29. The number of rotatable bonds is 21. The topological polar surface area (TPSA) is 125 Å². The van der Waals surface area contributed by atoms with Crippen molar-refractivity contribution in [3.05, 3.63) is 144 Å². The van der Waals surface area contributed by atoms with Gasteiger partial charge in [0.05, 0.1) is 11.1 Å². The van der Waals surface area contributed by atoms with Crippen LogP contribution in [0.15, 0.2) is 122 Å². The van der Waals surface area contributed by atoms with E-state index in [1.807, 2.05) is 0 Å². The van der Waals surface area contributed by atoms with E-state index in [2.05, 4.69) is 56.6 Å². The Morgan fingerprint density at radius 2 is 0.759 bits per heavy atom. The molecule has 0 aliphatic carbocycles. The summed E-state index contributed by atoms with van der Waals surface area (Å²) in [7, 11) is 0. The number of allylic oxidation sites excluding steroid dienone is 1. The molecule has 0 fully saturated rings. The number of esters is 3. The Hall–Kier alpha value is -7.11. The highest BCUT2D eigenvalue weighted by Gasteiger charge is 2.13. The lowest BCUT2D eigenvalue weighted by molar-refractivity contribution is -0.140. The van der Waals surface area contributed by atoms with Crippen molar-refractivity contribution in [2.75, 3.05) is 52.9 Å². The minimum absolute atomic E-state index is 0.0270. The third kappa shape index (κ3) is 16.3. The number of hydrogen-bond acceptors (Lipinski definition) is 11. The molecule has 0 unspecified atom stereocenters. The molecule has 0 spiro atoms. The maximum Gasteiger partial charge on any atom is 0.333 e. The normalized spacial score (nSPS) is 9.86. The van der Waals surface area contributed by atoms with E-state index in [0.717, 1.165) is 0 Å². The Labute approximate surface area is 340 Å². The fourth-order valence-electron chi connectivity index (χ4n) is 4.23. The van der Waals surface area contributed by atoms with E-state index in [1.165, 1.54) is 0 Å². The van der Waals surface area contributed by atoms with Crippen LogP contribution in [0.2, 0.25) is 0 Å². The fourth-order valence-corrected chi connectivity index (χ4v) is 4.23. The Balaban J connectivity index is 1.89. The summed E-state index contributed by atoms with van der Waals surface area (Å²) in [5.41, 5.74) is 3.94. The van der Waals surface area contributed by atoms with Crippen LogP contribution in [0.25, 0.3) is 0 Å². The van der Waals surface area contributed by atoms with E-state index < -0.39 is 17.9 Å². The summed E-state index contributed by atoms with van der Waals surface area (Å²) in [4.78, 5) is 35.1. The lowest BCUT2D eigenvalue weighted by Crippen LogP contribution is -2.13. The van der Waals surface area contributed by atoms with Gasteiger partial charge in [-0.1, -0.05) is 56.6 Å². The second-order valence-electron chi connectivity index (χ2n) is 12.6. The van der Waals surface area contributed by atoms with Gasteiger partial charge >= 0.3 is 17.9 Å². The van der Waals surface area contributed by atoms with Crippen molar-refractivity contribution in [3.63, 3.8) is 0 Å². The van der Waals surface area contributed by atoms with Crippen molar-refractivity contribution in [2.24, 2.45) is 0 Å². The second-order valence-corrected chi connectivity index (χ2v) is 12.6. The molecule has 11 nitrogen and oxygen atoms in total. The third-order valence-electron chi connectivity index (χ3n) is 7.36. The zero-order valence-corrected chi connectivity index (χ0v) is 33.5. The molecule has 0 bridgehead atoms. The first-order valence-corrected chi connectivity index (χ1v) is 18.1. The zero-order chi connectivity index (χ0) is 42.5. The van der Waals surface area contributed by atoms with Crippen LogP contribution in [0.1, 0.15) is 49.9 Å². The summed E-state index contributed by atoms with van der Waals surface area (Å²) >= 11 is 0. The molecular formula is C47H48O11. The summed E-state index contributed by atoms with van der Waals surface area (Å²) in [5.74, 6) is 13.5. The minimum Gasteiger partial charge on any atom is -0.490 e. The van der Waals surface area contributed by atoms with Gasteiger partial charge in [-0.3, -0.25) is 0 Å². The van der Waals surface area contributed by atoms with E-state index >= 15 is 0 Å². The van der Waals surface area contributed by atoms with Gasteiger partial charge in [-0.05, 0) is 81.8 Å². The molecule has 3 aromatic carbocycles. The smallest absolute Gasteiger partial charge is 0.333 e. The molecule has 0 aliphatic heterocycles. The number of carbonyl (C=O) groups is 3. The van der Waals surface area contributed by atoms with Gasteiger partial charge in [0.1, 0.15) is 81.6 Å². The van der Waals surface area contributed by atoms with Crippen molar-refractivity contribution in [2.45, 2.75) is 27.7 Å². The van der Waals surface area contributed by atoms with Crippen molar-refractivity contribution >= 4 is 17.9 Å². The number of ether oxygens (including phenoxy) is 8. The van der Waals surface area contributed by atoms with Gasteiger partial charge in [0.2, 0.25) is 0 Å². The Morgan fingerprint density at radius 1 is 0.431 bits per heavy atom. The van der Waals surface area contributed by atoms with Crippen molar-refractivity contribution in [1.82, 2.24) is 0 Å². The molecule has 58 heavy (non-hydrogen) atoms. The van der Waals surface area contributed by atoms with Gasteiger partial charge in [-0.2, -0.15) is 0 Å². The summed E-state index contributed by atoms with van der Waals surface area (Å²) in [6, 6.07) is 17.6. The van der Waals surface area contributed by atoms with Crippen molar-refractivity contribution < 1.29 is 52.3 Å². The summed E-state index contributed by atoms with van der Waals surface area (Å²) in [6.45, 7) is 25.8. The van der Waals surface area contributed by atoms with Crippen molar-refractivity contribution in [3.8, 4) is 46.7 Å². The first-order valence-electron chi connectivity index (χ1n) is 18.1. The van der Waals surface area contributed by atoms with Crippen LogP contribution in [0.5, 0.6) is 23.0 Å². The maximum atomic E-state index is 12.0. The predicted octanol–water partition coefficient (Wildman–Crippen LogP) is 7.47. The second kappa shape index (κ2) is 23.7. The standard InChI is InChI=1S/C47H48O11/c1-32(2)36(9)51-22-25-54-43-30-40(17-11-38-14-20-42(21-15-38)53-24-28-57-46(49)34(5)6)44(55-26-29-58-47(50)35(7)8)31-39(43)16-10-37-12-18-41(19-13-37)52-23-27-56-45(48)33(3)4/h12-15,18-21,30-31H,1,3,5,7,9,22-29H2,2,4,6,8H3. The van der Waals surface area contributed by atoms with Crippen LogP contribution in [0.4, 0.5) is 0 Å². The molecule has 0 atom stereocenters. The van der Waals surface area contributed by atoms with Crippen LogP contribution < -0.4 is 18.9 Å². The van der Waals surface area contributed by atoms with Crippen LogP contribution in [0.3, 0.4) is 0 Å². The fraction of sp³-hybridized carbons (Fsp3) is 0.255. The zero-order valence-electron chi connectivity index (χ0n) is 33.5. The number of benzene rings is 3. The largest absolute Gasteiger partial charge is 0.490 e. The highest BCUT2D eigenvalue weighted by molar-refractivity contribution is 5.87. The van der Waals surface area contributed by atoms with Gasteiger partial charge in [-0.15, -0.1) is 0 Å². The SMILES string of the molecule is C=C(C)C(=C)OCCOc1cc(C#Cc2ccc(OCCOC(=O)C(=C)C)cc2)c(OCCOC(=O)C(=C)C)cc1C#Cc1ccc(OCCOC(=O)C(=C)C)cc1. The van der Waals surface area contributed by atoms with Crippen LogP contribution in [-0.4, -0.2) is 70.8 Å². The lowest BCUT2D eigenvalue weighted by Gasteiger charge is -2.14. The molecule has 0 heterocycles. The molecule has 11 heteroatoms. The van der Waals surface area contributed by atoms with E-state index in [9.17, 15) is 14.4 Å². The summed E-state index contributed by atoms with van der Waals surface area (Å²) in [6.07, 6.45) is 0.